The molecule has 0 aliphatic heterocycles. The van der Waals surface area contributed by atoms with Gasteiger partial charge in [0.05, 0.1) is 0 Å². The van der Waals surface area contributed by atoms with Gasteiger partial charge >= 0.3 is 179 Å². The van der Waals surface area contributed by atoms with Gasteiger partial charge in [0.1, 0.15) is 0 Å². The summed E-state index contributed by atoms with van der Waals surface area (Å²) in [5.41, 5.74) is 3.46. The van der Waals surface area contributed by atoms with Crippen LogP contribution in [-0.4, -0.2) is 0 Å². The Morgan fingerprint density at radius 3 is 1.48 bits per heavy atom. The van der Waals surface area contributed by atoms with Gasteiger partial charge in [0, 0.05) is 0 Å². The number of hydrogen-bond donors (Lipinski definition) is 0. The fourth-order valence-electron chi connectivity index (χ4n) is 4.44. The monoisotopic (exact) mass is 474 g/mol. The standard InChI is InChI=1S/2C13H21.2ClH.Ti/c2*1-3-5-8-12(4-2)11-13-9-6-7-10-13;;;/h2*6,9,12H,3-5,7-8,11H2,1-2H3;2*1H;. The molecular weight excluding hydrogens is 431 g/mol. The number of halogens is 2. The Balaban J connectivity index is 0.00000392. The van der Waals surface area contributed by atoms with E-state index < -0.39 is 0 Å². The molecule has 0 saturated heterocycles. The van der Waals surface area contributed by atoms with Crippen molar-refractivity contribution in [1.29, 1.82) is 0 Å². The minimum Gasteiger partial charge on any atom is -0.147 e. The summed E-state index contributed by atoms with van der Waals surface area (Å²) in [6.07, 6.45) is 26.0. The second-order valence-corrected chi connectivity index (χ2v) is 10.9. The van der Waals surface area contributed by atoms with Crippen molar-refractivity contribution in [3.63, 3.8) is 0 Å². The van der Waals surface area contributed by atoms with Gasteiger partial charge in [0.2, 0.25) is 0 Å². The Morgan fingerprint density at radius 1 is 0.724 bits per heavy atom. The van der Waals surface area contributed by atoms with Crippen LogP contribution in [0.4, 0.5) is 0 Å². The molecule has 0 amide bonds. The summed E-state index contributed by atoms with van der Waals surface area (Å²) in [5, 5.41) is 0. The molecule has 3 heteroatoms. The maximum Gasteiger partial charge on any atom is -0.147 e. The molecule has 0 bridgehead atoms. The van der Waals surface area contributed by atoms with Crippen LogP contribution < -0.4 is 0 Å². The van der Waals surface area contributed by atoms with Crippen molar-refractivity contribution in [2.75, 3.05) is 0 Å². The van der Waals surface area contributed by atoms with E-state index >= 15 is 0 Å². The first-order chi connectivity index (χ1) is 13.2. The third-order valence-corrected chi connectivity index (χ3v) is 9.05. The van der Waals surface area contributed by atoms with E-state index in [-0.39, 0.29) is 44.0 Å². The molecule has 0 aromatic heterocycles. The van der Waals surface area contributed by atoms with E-state index in [1.54, 1.807) is 11.1 Å². The second-order valence-electron chi connectivity index (χ2n) is 8.59. The van der Waals surface area contributed by atoms with Crippen molar-refractivity contribution in [2.24, 2.45) is 11.8 Å². The molecule has 0 nitrogen and oxygen atoms in total. The van der Waals surface area contributed by atoms with Crippen LogP contribution in [-0.2, 0) is 19.2 Å². The van der Waals surface area contributed by atoms with Crippen molar-refractivity contribution in [3.05, 3.63) is 43.2 Å². The second kappa shape index (κ2) is 16.9. The molecule has 2 aliphatic carbocycles. The van der Waals surface area contributed by atoms with Crippen molar-refractivity contribution in [3.8, 4) is 0 Å². The summed E-state index contributed by atoms with van der Waals surface area (Å²) >= 11 is -0.0889. The average Bonchev–Trinajstić information content (AvgIpc) is 3.31. The summed E-state index contributed by atoms with van der Waals surface area (Å²) < 4.78 is 3.70. The molecule has 0 radical (unpaired) electrons. The molecule has 29 heavy (non-hydrogen) atoms. The van der Waals surface area contributed by atoms with E-state index in [1.165, 1.54) is 77.0 Å². The summed E-state index contributed by atoms with van der Waals surface area (Å²) in [6, 6.07) is 0. The SMILES string of the molecule is CCCCC(CC)CC1=[C]([Ti][C]2=C(CC(CC)CCCC)C=CC2)CC=C1.Cl.Cl. The van der Waals surface area contributed by atoms with Gasteiger partial charge in [0.15, 0.2) is 0 Å². The van der Waals surface area contributed by atoms with Crippen molar-refractivity contribution >= 4 is 24.8 Å². The molecule has 166 valence electrons. The predicted molar refractivity (Wildman–Crippen MR) is 132 cm³/mol. The van der Waals surface area contributed by atoms with Gasteiger partial charge in [0.25, 0.3) is 0 Å². The molecule has 0 N–H and O–H groups in total. The molecule has 0 aromatic carbocycles. The molecule has 0 fully saturated rings. The average molecular weight is 475 g/mol. The minimum absolute atomic E-state index is 0. The van der Waals surface area contributed by atoms with Crippen LogP contribution in [0.2, 0.25) is 0 Å². The van der Waals surface area contributed by atoms with Crippen LogP contribution in [0.1, 0.15) is 105 Å². The Kier molecular flexibility index (Phi) is 17.0. The van der Waals surface area contributed by atoms with Gasteiger partial charge in [-0.25, -0.2) is 0 Å². The Hall–Kier alpha value is 0.254. The molecule has 2 aliphatic rings. The van der Waals surface area contributed by atoms with Gasteiger partial charge in [-0.05, 0) is 0 Å². The quantitative estimate of drug-likeness (QED) is 0.220. The smallest absolute Gasteiger partial charge is 0.147 e. The van der Waals surface area contributed by atoms with E-state index in [4.69, 9.17) is 0 Å². The van der Waals surface area contributed by atoms with Crippen molar-refractivity contribution in [1.82, 2.24) is 0 Å². The Bertz CT molecular complexity index is 521. The van der Waals surface area contributed by atoms with Gasteiger partial charge in [-0.1, -0.05) is 0 Å². The third kappa shape index (κ3) is 9.94. The van der Waals surface area contributed by atoms with Crippen LogP contribution in [0, 0.1) is 11.8 Å². The van der Waals surface area contributed by atoms with Crippen LogP contribution in [0.25, 0.3) is 0 Å². The van der Waals surface area contributed by atoms with Crippen LogP contribution in [0.5, 0.6) is 0 Å². The maximum atomic E-state index is 2.48. The zero-order valence-corrected chi connectivity index (χ0v) is 22.5. The van der Waals surface area contributed by atoms with E-state index in [9.17, 15) is 0 Å². The summed E-state index contributed by atoms with van der Waals surface area (Å²) in [6.45, 7) is 9.42. The molecular formula is C26H44Cl2Ti. The number of allylic oxidation sites excluding steroid dienone is 8. The molecule has 0 spiro atoms. The van der Waals surface area contributed by atoms with Crippen LogP contribution in [0.3, 0.4) is 0 Å². The predicted octanol–water partition coefficient (Wildman–Crippen LogP) is 9.55. The first-order valence-electron chi connectivity index (χ1n) is 11.8. The first-order valence-corrected chi connectivity index (χ1v) is 13.3. The molecule has 2 unspecified atom stereocenters. The van der Waals surface area contributed by atoms with Crippen LogP contribution >= 0.6 is 24.8 Å². The van der Waals surface area contributed by atoms with Gasteiger partial charge < -0.3 is 0 Å². The largest absolute Gasteiger partial charge is 0.147 e. The summed E-state index contributed by atoms with van der Waals surface area (Å²) in [5.74, 6) is 1.80. The Labute approximate surface area is 202 Å². The normalized spacial score (nSPS) is 17.4. The fourth-order valence-corrected chi connectivity index (χ4v) is 6.77. The Morgan fingerprint density at radius 2 is 1.14 bits per heavy atom. The zero-order chi connectivity index (χ0) is 19.5. The molecule has 2 rings (SSSR count). The van der Waals surface area contributed by atoms with E-state index in [0.717, 1.165) is 11.8 Å². The zero-order valence-electron chi connectivity index (χ0n) is 19.3. The maximum absolute atomic E-state index is 2.48. The van der Waals surface area contributed by atoms with Gasteiger partial charge in [-0.3, -0.25) is 0 Å². The van der Waals surface area contributed by atoms with Crippen molar-refractivity contribution in [2.45, 2.75) is 105 Å². The fraction of sp³-hybridized carbons (Fsp3) is 0.692. The summed E-state index contributed by atoms with van der Waals surface area (Å²) in [7, 11) is 0. The van der Waals surface area contributed by atoms with Gasteiger partial charge in [-0.2, -0.15) is 0 Å². The number of unbranched alkanes of at least 4 members (excludes halogenated alkanes) is 2. The number of rotatable bonds is 14. The van der Waals surface area contributed by atoms with Crippen molar-refractivity contribution < 1.29 is 19.2 Å². The van der Waals surface area contributed by atoms with E-state index in [0.29, 0.717) is 0 Å². The van der Waals surface area contributed by atoms with Gasteiger partial charge in [-0.15, -0.1) is 24.8 Å². The number of hydrogen-bond acceptors (Lipinski definition) is 0. The summed E-state index contributed by atoms with van der Waals surface area (Å²) in [4.78, 5) is 0. The minimum atomic E-state index is -0.0889. The molecule has 2 atom stereocenters. The molecule has 0 saturated carbocycles. The van der Waals surface area contributed by atoms with E-state index in [1.807, 2.05) is 7.76 Å². The first kappa shape index (κ1) is 29.3. The topological polar surface area (TPSA) is 0 Å². The van der Waals surface area contributed by atoms with Crippen LogP contribution in [0.15, 0.2) is 43.2 Å². The van der Waals surface area contributed by atoms with E-state index in [2.05, 4.69) is 52.0 Å². The third-order valence-electron chi connectivity index (χ3n) is 6.46. The molecule has 0 aromatic rings. The molecule has 0 heterocycles.